The van der Waals surface area contributed by atoms with Crippen molar-refractivity contribution in [1.29, 1.82) is 0 Å². The number of aryl methyl sites for hydroxylation is 2. The molecular weight excluding hydrogens is 322 g/mol. The molecule has 24 heavy (non-hydrogen) atoms. The van der Waals surface area contributed by atoms with Crippen molar-refractivity contribution in [2.24, 2.45) is 4.99 Å². The van der Waals surface area contributed by atoms with Crippen LogP contribution in [0.25, 0.3) is 0 Å². The summed E-state index contributed by atoms with van der Waals surface area (Å²) in [6.07, 6.45) is 3.65. The first-order valence-electron chi connectivity index (χ1n) is 8.72. The Morgan fingerprint density at radius 3 is 2.75 bits per heavy atom. The van der Waals surface area contributed by atoms with E-state index < -0.39 is 0 Å². The average Bonchev–Trinajstić information content (AvgIpc) is 3.12. The minimum absolute atomic E-state index is 0.306. The van der Waals surface area contributed by atoms with Gasteiger partial charge in [-0.05, 0) is 33.1 Å². The number of aromatic nitrogens is 1. The normalized spacial score (nSPS) is 16.6. The number of carbonyl (C=O) groups excluding carboxylic acids is 1. The van der Waals surface area contributed by atoms with Crippen molar-refractivity contribution < 1.29 is 4.79 Å². The quantitative estimate of drug-likeness (QED) is 0.584. The molecule has 2 rings (SSSR count). The van der Waals surface area contributed by atoms with E-state index >= 15 is 0 Å². The summed E-state index contributed by atoms with van der Waals surface area (Å²) < 4.78 is 0. The predicted molar refractivity (Wildman–Crippen MR) is 99.4 cm³/mol. The molecule has 0 radical (unpaired) electrons. The summed E-state index contributed by atoms with van der Waals surface area (Å²) in [5.41, 5.74) is 1.08. The number of guanidine groups is 1. The first-order valence-corrected chi connectivity index (χ1v) is 9.53. The Kier molecular flexibility index (Phi) is 7.02. The van der Waals surface area contributed by atoms with Gasteiger partial charge in [0, 0.05) is 37.5 Å². The van der Waals surface area contributed by atoms with Gasteiger partial charge in [0.25, 0.3) is 0 Å². The summed E-state index contributed by atoms with van der Waals surface area (Å²) in [6.45, 7) is 8.67. The lowest BCUT2D eigenvalue weighted by Gasteiger charge is -2.27. The SMILES string of the molecule is CCC(CCNC(=NC)NCc1sc(C)nc1C)N1CCCC1=O. The fourth-order valence-corrected chi connectivity index (χ4v) is 3.99. The van der Waals surface area contributed by atoms with E-state index in [1.807, 2.05) is 18.7 Å². The van der Waals surface area contributed by atoms with Crippen LogP contribution in [0.5, 0.6) is 0 Å². The molecule has 1 aromatic rings. The van der Waals surface area contributed by atoms with Gasteiger partial charge in [0.1, 0.15) is 0 Å². The molecule has 1 amide bonds. The molecule has 1 aliphatic rings. The Bertz CT molecular complexity index is 584. The lowest BCUT2D eigenvalue weighted by Crippen LogP contribution is -2.41. The van der Waals surface area contributed by atoms with Gasteiger partial charge in [0.15, 0.2) is 5.96 Å². The number of thiazole rings is 1. The summed E-state index contributed by atoms with van der Waals surface area (Å²) in [4.78, 5) is 23.9. The summed E-state index contributed by atoms with van der Waals surface area (Å²) in [5, 5.41) is 7.78. The number of likely N-dealkylation sites (tertiary alicyclic amines) is 1. The van der Waals surface area contributed by atoms with Crippen molar-refractivity contribution in [3.8, 4) is 0 Å². The molecule has 2 N–H and O–H groups in total. The first-order chi connectivity index (χ1) is 11.5. The lowest BCUT2D eigenvalue weighted by atomic mass is 10.1. The van der Waals surface area contributed by atoms with E-state index in [1.165, 1.54) is 4.88 Å². The van der Waals surface area contributed by atoms with Gasteiger partial charge in [-0.1, -0.05) is 6.92 Å². The number of carbonyl (C=O) groups is 1. The molecule has 1 atom stereocenters. The monoisotopic (exact) mass is 351 g/mol. The second-order valence-electron chi connectivity index (χ2n) is 6.14. The van der Waals surface area contributed by atoms with E-state index in [0.717, 1.165) is 55.6 Å². The van der Waals surface area contributed by atoms with Crippen molar-refractivity contribution in [2.45, 2.75) is 59.0 Å². The topological polar surface area (TPSA) is 69.6 Å². The zero-order valence-electron chi connectivity index (χ0n) is 15.2. The Morgan fingerprint density at radius 2 is 2.21 bits per heavy atom. The smallest absolute Gasteiger partial charge is 0.222 e. The van der Waals surface area contributed by atoms with Crippen LogP contribution in [0.1, 0.15) is 48.2 Å². The van der Waals surface area contributed by atoms with Crippen LogP contribution in [0.3, 0.4) is 0 Å². The van der Waals surface area contributed by atoms with Crippen molar-refractivity contribution >= 4 is 23.2 Å². The van der Waals surface area contributed by atoms with E-state index in [4.69, 9.17) is 0 Å². The average molecular weight is 352 g/mol. The van der Waals surface area contributed by atoms with Gasteiger partial charge in [-0.3, -0.25) is 9.79 Å². The maximum absolute atomic E-state index is 11.9. The third-order valence-electron chi connectivity index (χ3n) is 4.43. The molecule has 2 heterocycles. The van der Waals surface area contributed by atoms with Crippen LogP contribution in [0.15, 0.2) is 4.99 Å². The molecule has 1 saturated heterocycles. The molecule has 1 unspecified atom stereocenters. The van der Waals surface area contributed by atoms with E-state index in [1.54, 1.807) is 18.4 Å². The maximum atomic E-state index is 11.9. The summed E-state index contributed by atoms with van der Waals surface area (Å²) in [5.74, 6) is 1.10. The highest BCUT2D eigenvalue weighted by Gasteiger charge is 2.26. The van der Waals surface area contributed by atoms with Crippen LogP contribution in [-0.4, -0.2) is 47.9 Å². The van der Waals surface area contributed by atoms with E-state index in [9.17, 15) is 4.79 Å². The molecule has 6 nitrogen and oxygen atoms in total. The van der Waals surface area contributed by atoms with Crippen LogP contribution in [0.2, 0.25) is 0 Å². The minimum Gasteiger partial charge on any atom is -0.356 e. The molecule has 134 valence electrons. The molecule has 1 aromatic heterocycles. The van der Waals surface area contributed by atoms with E-state index in [-0.39, 0.29) is 0 Å². The van der Waals surface area contributed by atoms with Gasteiger partial charge in [-0.2, -0.15) is 0 Å². The van der Waals surface area contributed by atoms with Crippen molar-refractivity contribution in [1.82, 2.24) is 20.5 Å². The molecule has 0 aromatic carbocycles. The number of nitrogens with zero attached hydrogens (tertiary/aromatic N) is 3. The molecule has 1 aliphatic heterocycles. The van der Waals surface area contributed by atoms with Crippen LogP contribution >= 0.6 is 11.3 Å². The molecule has 0 saturated carbocycles. The third kappa shape index (κ3) is 4.93. The van der Waals surface area contributed by atoms with E-state index in [0.29, 0.717) is 18.4 Å². The van der Waals surface area contributed by atoms with E-state index in [2.05, 4.69) is 27.5 Å². The zero-order valence-corrected chi connectivity index (χ0v) is 16.0. The second-order valence-corrected chi connectivity index (χ2v) is 7.42. The maximum Gasteiger partial charge on any atom is 0.222 e. The molecule has 0 spiro atoms. The highest BCUT2D eigenvalue weighted by molar-refractivity contribution is 7.11. The number of hydrogen-bond acceptors (Lipinski definition) is 4. The Labute approximate surface area is 148 Å². The van der Waals surface area contributed by atoms with Gasteiger partial charge >= 0.3 is 0 Å². The van der Waals surface area contributed by atoms with Gasteiger partial charge in [-0.25, -0.2) is 4.98 Å². The Morgan fingerprint density at radius 1 is 1.42 bits per heavy atom. The molecule has 0 aliphatic carbocycles. The summed E-state index contributed by atoms with van der Waals surface area (Å²) in [6, 6.07) is 0.331. The Balaban J connectivity index is 1.76. The third-order valence-corrected chi connectivity index (χ3v) is 5.50. The molecule has 1 fully saturated rings. The van der Waals surface area contributed by atoms with Gasteiger partial charge in [0.05, 0.1) is 17.2 Å². The number of aliphatic imine (C=N–C) groups is 1. The summed E-state index contributed by atoms with van der Waals surface area (Å²) in [7, 11) is 1.78. The minimum atomic E-state index is 0.306. The number of amides is 1. The van der Waals surface area contributed by atoms with Gasteiger partial charge in [0.2, 0.25) is 5.91 Å². The number of nitrogens with one attached hydrogen (secondary N) is 2. The van der Waals surface area contributed by atoms with Gasteiger partial charge in [-0.15, -0.1) is 11.3 Å². The predicted octanol–water partition coefficient (Wildman–Crippen LogP) is 2.22. The molecular formula is C17H29N5OS. The van der Waals surface area contributed by atoms with Crippen LogP contribution in [0.4, 0.5) is 0 Å². The second kappa shape index (κ2) is 9.01. The van der Waals surface area contributed by atoms with Crippen molar-refractivity contribution in [3.05, 3.63) is 15.6 Å². The van der Waals surface area contributed by atoms with Crippen LogP contribution in [-0.2, 0) is 11.3 Å². The summed E-state index contributed by atoms with van der Waals surface area (Å²) >= 11 is 1.72. The molecule has 0 bridgehead atoms. The van der Waals surface area contributed by atoms with Crippen molar-refractivity contribution in [2.75, 3.05) is 20.1 Å². The zero-order chi connectivity index (χ0) is 17.5. The standard InChI is InChI=1S/C17H29N5OS/c1-5-14(22-10-6-7-16(22)23)8-9-19-17(18-4)20-11-15-12(2)21-13(3)24-15/h14H,5-11H2,1-4H3,(H2,18,19,20). The molecule has 7 heteroatoms. The van der Waals surface area contributed by atoms with Crippen molar-refractivity contribution in [3.63, 3.8) is 0 Å². The fraction of sp³-hybridized carbons (Fsp3) is 0.706. The fourth-order valence-electron chi connectivity index (χ4n) is 3.11. The number of hydrogen-bond donors (Lipinski definition) is 2. The lowest BCUT2D eigenvalue weighted by molar-refractivity contribution is -0.129. The Hall–Kier alpha value is -1.63. The largest absolute Gasteiger partial charge is 0.356 e. The highest BCUT2D eigenvalue weighted by Crippen LogP contribution is 2.18. The van der Waals surface area contributed by atoms with Crippen LogP contribution < -0.4 is 10.6 Å². The highest BCUT2D eigenvalue weighted by atomic mass is 32.1. The number of rotatable bonds is 7. The first kappa shape index (κ1) is 18.7. The van der Waals surface area contributed by atoms with Gasteiger partial charge < -0.3 is 15.5 Å². The van der Waals surface area contributed by atoms with Crippen LogP contribution in [0, 0.1) is 13.8 Å².